The Labute approximate surface area is 180 Å². The van der Waals surface area contributed by atoms with Gasteiger partial charge >= 0.3 is 48.3 Å². The molecule has 1 saturated carbocycles. The van der Waals surface area contributed by atoms with Crippen LogP contribution >= 0.6 is 0 Å². The highest BCUT2D eigenvalue weighted by atomic mass is 19.4. The summed E-state index contributed by atoms with van der Waals surface area (Å²) in [5, 5.41) is 0. The molecule has 0 aromatic carbocycles. The molecule has 0 N–H and O–H groups in total. The average Bonchev–Trinajstić information content (AvgIpc) is 3.21. The molecule has 0 radical (unpaired) electrons. The molecule has 0 amide bonds. The lowest BCUT2D eigenvalue weighted by atomic mass is 10.00. The van der Waals surface area contributed by atoms with Crippen LogP contribution in [0.1, 0.15) is 6.42 Å². The number of ether oxygens (including phenoxy) is 2. The second kappa shape index (κ2) is 7.95. The van der Waals surface area contributed by atoms with Gasteiger partial charge in [-0.15, -0.1) is 0 Å². The molecule has 2 bridgehead atoms. The standard InChI is InChI=1S/C15H8F18O2/c16-8(17,12(24,25)26)10(20,21)14(30,31)34-6-4-1-2-5(3-4)7(6)35-15(32,33)11(22,23)9(18,19)13(27,28)29/h1-2,4-7H,3H2. The van der Waals surface area contributed by atoms with Crippen molar-refractivity contribution in [2.24, 2.45) is 11.8 Å². The van der Waals surface area contributed by atoms with E-state index < -0.39 is 78.7 Å². The highest BCUT2D eigenvalue weighted by molar-refractivity contribution is 5.17. The van der Waals surface area contributed by atoms with Crippen molar-refractivity contribution in [3.05, 3.63) is 12.2 Å². The van der Waals surface area contributed by atoms with E-state index in [0.29, 0.717) is 12.2 Å². The number of alkyl halides is 18. The summed E-state index contributed by atoms with van der Waals surface area (Å²) in [7, 11) is 0. The van der Waals surface area contributed by atoms with Gasteiger partial charge in [0.25, 0.3) is 0 Å². The topological polar surface area (TPSA) is 18.5 Å². The molecule has 0 saturated heterocycles. The van der Waals surface area contributed by atoms with Crippen LogP contribution in [0.2, 0.25) is 0 Å². The summed E-state index contributed by atoms with van der Waals surface area (Å²) in [4.78, 5) is 0. The van der Waals surface area contributed by atoms with E-state index >= 15 is 0 Å². The molecule has 2 aliphatic rings. The summed E-state index contributed by atoms with van der Waals surface area (Å²) < 4.78 is 240. The Kier molecular flexibility index (Phi) is 6.73. The van der Waals surface area contributed by atoms with Gasteiger partial charge in [-0.2, -0.15) is 79.0 Å². The van der Waals surface area contributed by atoms with Gasteiger partial charge in [-0.25, -0.2) is 0 Å². The van der Waals surface area contributed by atoms with Gasteiger partial charge in [0.05, 0.1) is 12.2 Å². The zero-order valence-electron chi connectivity index (χ0n) is 15.8. The van der Waals surface area contributed by atoms with Crippen LogP contribution < -0.4 is 0 Å². The minimum Gasteiger partial charge on any atom is -0.309 e. The minimum absolute atomic E-state index is 0.645. The first kappa shape index (κ1) is 29.6. The molecule has 20 heteroatoms. The molecule has 2 aliphatic carbocycles. The van der Waals surface area contributed by atoms with Crippen LogP contribution in [-0.2, 0) is 9.47 Å². The van der Waals surface area contributed by atoms with Crippen molar-refractivity contribution >= 4 is 0 Å². The molecule has 0 aromatic rings. The van der Waals surface area contributed by atoms with Crippen LogP contribution in [0.15, 0.2) is 12.2 Å². The Morgan fingerprint density at radius 2 is 0.686 bits per heavy atom. The van der Waals surface area contributed by atoms with Crippen LogP contribution in [0, 0.1) is 11.8 Å². The highest BCUT2D eigenvalue weighted by Gasteiger charge is 2.85. The van der Waals surface area contributed by atoms with Crippen LogP contribution in [0.5, 0.6) is 0 Å². The van der Waals surface area contributed by atoms with Crippen LogP contribution in [0.4, 0.5) is 79.0 Å². The van der Waals surface area contributed by atoms with E-state index in [2.05, 4.69) is 9.47 Å². The number of rotatable bonds is 8. The van der Waals surface area contributed by atoms with Gasteiger partial charge in [0.15, 0.2) is 0 Å². The first-order valence-corrected chi connectivity index (χ1v) is 8.60. The Morgan fingerprint density at radius 1 is 0.429 bits per heavy atom. The highest BCUT2D eigenvalue weighted by Crippen LogP contribution is 2.58. The molecule has 4 unspecified atom stereocenters. The van der Waals surface area contributed by atoms with Gasteiger partial charge in [0.2, 0.25) is 0 Å². The van der Waals surface area contributed by atoms with E-state index in [4.69, 9.17) is 0 Å². The lowest BCUT2D eigenvalue weighted by molar-refractivity contribution is -0.468. The zero-order chi connectivity index (χ0) is 27.8. The summed E-state index contributed by atoms with van der Waals surface area (Å²) in [6.07, 6.45) is -34.3. The third-order valence-electron chi connectivity index (χ3n) is 5.12. The first-order valence-electron chi connectivity index (χ1n) is 8.60. The predicted molar refractivity (Wildman–Crippen MR) is 72.3 cm³/mol. The van der Waals surface area contributed by atoms with Crippen molar-refractivity contribution in [1.29, 1.82) is 0 Å². The maximum atomic E-state index is 13.8. The minimum atomic E-state index is -7.50. The lowest BCUT2D eigenvalue weighted by Crippen LogP contribution is -2.64. The smallest absolute Gasteiger partial charge is 0.309 e. The first-order chi connectivity index (χ1) is 15.2. The van der Waals surface area contributed by atoms with E-state index in [1.165, 1.54) is 0 Å². The second-order valence-corrected chi connectivity index (χ2v) is 7.44. The number of hydrogen-bond donors (Lipinski definition) is 0. The predicted octanol–water partition coefficient (Wildman–Crippen LogP) is 6.81. The summed E-state index contributed by atoms with van der Waals surface area (Å²) in [6, 6.07) is 0. The Morgan fingerprint density at radius 3 is 0.914 bits per heavy atom. The lowest BCUT2D eigenvalue weighted by Gasteiger charge is -2.39. The van der Waals surface area contributed by atoms with Crippen LogP contribution in [0.3, 0.4) is 0 Å². The van der Waals surface area contributed by atoms with Crippen LogP contribution in [-0.4, -0.2) is 60.5 Å². The fourth-order valence-corrected chi connectivity index (χ4v) is 3.25. The summed E-state index contributed by atoms with van der Waals surface area (Å²) >= 11 is 0. The normalized spacial score (nSPS) is 27.1. The summed E-state index contributed by atoms with van der Waals surface area (Å²) in [5.74, 6) is -33.7. The van der Waals surface area contributed by atoms with E-state index in [1.54, 1.807) is 0 Å². The molecule has 0 spiro atoms. The fraction of sp³-hybridized carbons (Fsp3) is 0.867. The largest absolute Gasteiger partial charge is 0.460 e. The molecule has 206 valence electrons. The Hall–Kier alpha value is -1.60. The van der Waals surface area contributed by atoms with E-state index in [9.17, 15) is 79.0 Å². The van der Waals surface area contributed by atoms with Gasteiger partial charge in [0, 0.05) is 11.8 Å². The van der Waals surface area contributed by atoms with Gasteiger partial charge in [-0.3, -0.25) is 0 Å². The van der Waals surface area contributed by atoms with Crippen molar-refractivity contribution in [1.82, 2.24) is 0 Å². The van der Waals surface area contributed by atoms with Crippen molar-refractivity contribution in [2.45, 2.75) is 66.9 Å². The Bertz CT molecular complexity index is 759. The molecule has 0 heterocycles. The summed E-state index contributed by atoms with van der Waals surface area (Å²) in [5.41, 5.74) is 0. The summed E-state index contributed by atoms with van der Waals surface area (Å²) in [6.45, 7) is 0. The van der Waals surface area contributed by atoms with E-state index in [0.717, 1.165) is 0 Å². The molecule has 4 atom stereocenters. The quantitative estimate of drug-likeness (QED) is 0.239. The molecule has 0 aromatic heterocycles. The van der Waals surface area contributed by atoms with Crippen molar-refractivity contribution in [3.8, 4) is 0 Å². The maximum absolute atomic E-state index is 13.8. The molecule has 2 nitrogen and oxygen atoms in total. The van der Waals surface area contributed by atoms with Crippen molar-refractivity contribution in [3.63, 3.8) is 0 Å². The second-order valence-electron chi connectivity index (χ2n) is 7.44. The van der Waals surface area contributed by atoms with Crippen LogP contribution in [0.25, 0.3) is 0 Å². The Balaban J connectivity index is 2.40. The molecular weight excluding hydrogens is 554 g/mol. The van der Waals surface area contributed by atoms with Crippen molar-refractivity contribution in [2.75, 3.05) is 0 Å². The monoisotopic (exact) mass is 562 g/mol. The fourth-order valence-electron chi connectivity index (χ4n) is 3.25. The number of halogens is 18. The number of fused-ring (bicyclic) bond motifs is 2. The molecule has 0 aliphatic heterocycles. The average molecular weight is 562 g/mol. The van der Waals surface area contributed by atoms with Crippen molar-refractivity contribution < 1.29 is 88.5 Å². The molecular formula is C15H8F18O2. The molecule has 1 fully saturated rings. The van der Waals surface area contributed by atoms with E-state index in [-0.39, 0.29) is 0 Å². The van der Waals surface area contributed by atoms with E-state index in [1.807, 2.05) is 0 Å². The van der Waals surface area contributed by atoms with Gasteiger partial charge < -0.3 is 9.47 Å². The SMILES string of the molecule is FC(F)(F)C(F)(F)C(F)(F)C(F)(F)OC1C2C=CC(C2)C1OC(F)(F)C(F)(F)C(F)(F)C(F)(F)F. The zero-order valence-corrected chi connectivity index (χ0v) is 15.8. The maximum Gasteiger partial charge on any atom is 0.460 e. The third kappa shape index (κ3) is 4.30. The van der Waals surface area contributed by atoms with Gasteiger partial charge in [0.1, 0.15) is 0 Å². The number of hydrogen-bond acceptors (Lipinski definition) is 2. The van der Waals surface area contributed by atoms with Gasteiger partial charge in [-0.1, -0.05) is 12.2 Å². The molecule has 35 heavy (non-hydrogen) atoms. The third-order valence-corrected chi connectivity index (χ3v) is 5.12. The molecule has 2 rings (SSSR count). The van der Waals surface area contributed by atoms with Gasteiger partial charge in [-0.05, 0) is 6.42 Å².